The molecule has 0 aliphatic carbocycles. The molecule has 0 spiro atoms. The zero-order chi connectivity index (χ0) is 18.3. The van der Waals surface area contributed by atoms with Gasteiger partial charge in [0.2, 0.25) is 0 Å². The summed E-state index contributed by atoms with van der Waals surface area (Å²) in [6, 6.07) is 5.83. The zero-order valence-corrected chi connectivity index (χ0v) is 13.8. The van der Waals surface area contributed by atoms with Gasteiger partial charge in [-0.25, -0.2) is 4.79 Å². The number of amides is 4. The fourth-order valence-electron chi connectivity index (χ4n) is 1.91. The summed E-state index contributed by atoms with van der Waals surface area (Å²) in [6.45, 7) is 4.73. The van der Waals surface area contributed by atoms with E-state index >= 15 is 0 Å². The van der Waals surface area contributed by atoms with E-state index in [4.69, 9.17) is 10.5 Å². The minimum atomic E-state index is -1.18. The number of ether oxygens (including phenoxy) is 1. The first-order valence-electron chi connectivity index (χ1n) is 7.35. The Labute approximate surface area is 139 Å². The summed E-state index contributed by atoms with van der Waals surface area (Å²) in [6.07, 6.45) is -1.18. The van der Waals surface area contributed by atoms with Gasteiger partial charge in [0.1, 0.15) is 6.54 Å². The van der Waals surface area contributed by atoms with Crippen LogP contribution >= 0.6 is 0 Å². The SMILES string of the molecule is Cc1cccc(C(=O)NCC(=O)OC(C(=O)NC(N)=O)C(C)C)c1. The lowest BCUT2D eigenvalue weighted by atomic mass is 10.1. The fraction of sp³-hybridized carbons (Fsp3) is 0.375. The first-order valence-corrected chi connectivity index (χ1v) is 7.35. The molecule has 130 valence electrons. The van der Waals surface area contributed by atoms with Gasteiger partial charge >= 0.3 is 12.0 Å². The molecule has 0 aliphatic rings. The van der Waals surface area contributed by atoms with Crippen molar-refractivity contribution >= 4 is 23.8 Å². The summed E-state index contributed by atoms with van der Waals surface area (Å²) < 4.78 is 5.01. The second-order valence-electron chi connectivity index (χ2n) is 5.56. The average Bonchev–Trinajstić information content (AvgIpc) is 2.49. The second-order valence-corrected chi connectivity index (χ2v) is 5.56. The van der Waals surface area contributed by atoms with Gasteiger partial charge in [-0.2, -0.15) is 0 Å². The van der Waals surface area contributed by atoms with Crippen LogP contribution in [0.15, 0.2) is 24.3 Å². The topological polar surface area (TPSA) is 128 Å². The predicted octanol–water partition coefficient (Wildman–Crippen LogP) is 0.488. The maximum Gasteiger partial charge on any atom is 0.326 e. The van der Waals surface area contributed by atoms with Crippen LogP contribution in [-0.4, -0.2) is 36.5 Å². The number of carbonyl (C=O) groups excluding carboxylic acids is 4. The molecule has 0 saturated heterocycles. The highest BCUT2D eigenvalue weighted by Gasteiger charge is 2.27. The van der Waals surface area contributed by atoms with Gasteiger partial charge in [-0.05, 0) is 25.0 Å². The molecule has 0 radical (unpaired) electrons. The van der Waals surface area contributed by atoms with Gasteiger partial charge in [-0.15, -0.1) is 0 Å². The Balaban J connectivity index is 2.58. The molecule has 1 aromatic carbocycles. The van der Waals surface area contributed by atoms with Gasteiger partial charge < -0.3 is 15.8 Å². The normalized spacial score (nSPS) is 11.5. The smallest absolute Gasteiger partial charge is 0.326 e. The molecule has 0 aliphatic heterocycles. The Hall–Kier alpha value is -2.90. The minimum absolute atomic E-state index is 0.374. The van der Waals surface area contributed by atoms with Crippen molar-refractivity contribution in [1.29, 1.82) is 0 Å². The average molecular weight is 335 g/mol. The van der Waals surface area contributed by atoms with Gasteiger partial charge in [-0.3, -0.25) is 19.7 Å². The Bertz CT molecular complexity index is 642. The number of rotatable bonds is 6. The van der Waals surface area contributed by atoms with Crippen LogP contribution in [0.2, 0.25) is 0 Å². The first kappa shape index (κ1) is 19.1. The molecule has 0 fully saturated rings. The Kier molecular flexibility index (Phi) is 6.91. The lowest BCUT2D eigenvalue weighted by Gasteiger charge is -2.19. The molecule has 0 bridgehead atoms. The van der Waals surface area contributed by atoms with Gasteiger partial charge in [0.05, 0.1) is 0 Å². The van der Waals surface area contributed by atoms with Crippen LogP contribution in [0.4, 0.5) is 4.79 Å². The summed E-state index contributed by atoms with van der Waals surface area (Å²) in [7, 11) is 0. The molecule has 1 unspecified atom stereocenters. The van der Waals surface area contributed by atoms with Crippen LogP contribution in [0.1, 0.15) is 29.8 Å². The monoisotopic (exact) mass is 335 g/mol. The quantitative estimate of drug-likeness (QED) is 0.652. The van der Waals surface area contributed by atoms with E-state index in [0.29, 0.717) is 5.56 Å². The first-order chi connectivity index (χ1) is 11.2. The zero-order valence-electron chi connectivity index (χ0n) is 13.8. The molecule has 0 heterocycles. The lowest BCUT2D eigenvalue weighted by molar-refractivity contribution is -0.157. The van der Waals surface area contributed by atoms with E-state index < -0.39 is 36.5 Å². The van der Waals surface area contributed by atoms with Crippen molar-refractivity contribution < 1.29 is 23.9 Å². The largest absolute Gasteiger partial charge is 0.451 e. The third-order valence-electron chi connectivity index (χ3n) is 3.04. The Morgan fingerprint density at radius 1 is 1.21 bits per heavy atom. The van der Waals surface area contributed by atoms with E-state index in [1.165, 1.54) is 0 Å². The summed E-state index contributed by atoms with van der Waals surface area (Å²) >= 11 is 0. The summed E-state index contributed by atoms with van der Waals surface area (Å²) in [5, 5.41) is 4.27. The van der Waals surface area contributed by atoms with Crippen LogP contribution in [0.3, 0.4) is 0 Å². The third-order valence-corrected chi connectivity index (χ3v) is 3.04. The van der Waals surface area contributed by atoms with Crippen LogP contribution < -0.4 is 16.4 Å². The molecular formula is C16H21N3O5. The van der Waals surface area contributed by atoms with Crippen LogP contribution in [-0.2, 0) is 14.3 Å². The van der Waals surface area contributed by atoms with E-state index in [2.05, 4.69) is 5.32 Å². The molecule has 1 aromatic rings. The van der Waals surface area contributed by atoms with Crippen LogP contribution in [0.5, 0.6) is 0 Å². The molecule has 4 amide bonds. The summed E-state index contributed by atoms with van der Waals surface area (Å²) in [4.78, 5) is 46.2. The molecule has 1 rings (SSSR count). The Morgan fingerprint density at radius 3 is 2.42 bits per heavy atom. The molecule has 1 atom stereocenters. The number of hydrogen-bond acceptors (Lipinski definition) is 5. The van der Waals surface area contributed by atoms with E-state index in [-0.39, 0.29) is 5.92 Å². The molecule has 8 nitrogen and oxygen atoms in total. The van der Waals surface area contributed by atoms with Crippen molar-refractivity contribution in [2.45, 2.75) is 26.9 Å². The number of esters is 1. The number of urea groups is 1. The highest BCUT2D eigenvalue weighted by Crippen LogP contribution is 2.07. The van der Waals surface area contributed by atoms with Crippen molar-refractivity contribution in [3.8, 4) is 0 Å². The number of aryl methyl sites for hydroxylation is 1. The van der Waals surface area contributed by atoms with Gasteiger partial charge in [-0.1, -0.05) is 31.5 Å². The number of nitrogens with one attached hydrogen (secondary N) is 2. The maximum atomic E-state index is 11.9. The molecule has 0 saturated carbocycles. The van der Waals surface area contributed by atoms with E-state index in [0.717, 1.165) is 5.56 Å². The fourth-order valence-corrected chi connectivity index (χ4v) is 1.91. The number of carbonyl (C=O) groups is 4. The summed E-state index contributed by atoms with van der Waals surface area (Å²) in [5.41, 5.74) is 6.19. The van der Waals surface area contributed by atoms with Crippen molar-refractivity contribution in [3.63, 3.8) is 0 Å². The number of hydrogen-bond donors (Lipinski definition) is 3. The third kappa shape index (κ3) is 6.07. The number of nitrogens with two attached hydrogens (primary N) is 1. The lowest BCUT2D eigenvalue weighted by Crippen LogP contribution is -2.46. The molecule has 24 heavy (non-hydrogen) atoms. The maximum absolute atomic E-state index is 11.9. The standard InChI is InChI=1S/C16H21N3O5/c1-9(2)13(15(22)19-16(17)23)24-12(20)8-18-14(21)11-6-4-5-10(3)7-11/h4-7,9,13H,8H2,1-3H3,(H,18,21)(H3,17,19,22,23). The highest BCUT2D eigenvalue weighted by atomic mass is 16.5. The second kappa shape index (κ2) is 8.66. The summed E-state index contributed by atoms with van der Waals surface area (Å²) in [5.74, 6) is -2.41. The molecule has 0 aromatic heterocycles. The number of benzene rings is 1. The number of primary amides is 1. The van der Waals surface area contributed by atoms with E-state index in [1.54, 1.807) is 32.0 Å². The van der Waals surface area contributed by atoms with Crippen molar-refractivity contribution in [2.75, 3.05) is 6.54 Å². The van der Waals surface area contributed by atoms with Crippen LogP contribution in [0, 0.1) is 12.8 Å². The number of imide groups is 1. The molecule has 4 N–H and O–H groups in total. The van der Waals surface area contributed by atoms with E-state index in [1.807, 2.05) is 18.3 Å². The van der Waals surface area contributed by atoms with Gasteiger partial charge in [0.15, 0.2) is 6.10 Å². The molecular weight excluding hydrogens is 314 g/mol. The predicted molar refractivity (Wildman–Crippen MR) is 86.0 cm³/mol. The van der Waals surface area contributed by atoms with Crippen molar-refractivity contribution in [3.05, 3.63) is 35.4 Å². The Morgan fingerprint density at radius 2 is 1.88 bits per heavy atom. The van der Waals surface area contributed by atoms with Gasteiger partial charge in [0, 0.05) is 5.56 Å². The van der Waals surface area contributed by atoms with Crippen LogP contribution in [0.25, 0.3) is 0 Å². The van der Waals surface area contributed by atoms with Gasteiger partial charge in [0.25, 0.3) is 11.8 Å². The van der Waals surface area contributed by atoms with E-state index in [9.17, 15) is 19.2 Å². The minimum Gasteiger partial charge on any atom is -0.451 e. The highest BCUT2D eigenvalue weighted by molar-refractivity contribution is 5.98. The molecule has 8 heteroatoms. The van der Waals surface area contributed by atoms with Crippen molar-refractivity contribution in [2.24, 2.45) is 11.7 Å². The van der Waals surface area contributed by atoms with Crippen molar-refractivity contribution in [1.82, 2.24) is 10.6 Å².